The molecular formula is C13H16N3O4S+. The van der Waals surface area contributed by atoms with E-state index in [0.717, 1.165) is 6.26 Å². The molecule has 1 aromatic heterocycles. The lowest BCUT2D eigenvalue weighted by Crippen LogP contribution is -2.42. The molecule has 0 saturated heterocycles. The fourth-order valence-corrected chi connectivity index (χ4v) is 2.78. The zero-order chi connectivity index (χ0) is 15.6. The molecule has 8 heteroatoms. The third-order valence-corrected chi connectivity index (χ3v) is 3.80. The summed E-state index contributed by atoms with van der Waals surface area (Å²) in [5.74, 6) is -0.646. The summed E-state index contributed by atoms with van der Waals surface area (Å²) >= 11 is 0. The van der Waals surface area contributed by atoms with Gasteiger partial charge in [-0.2, -0.15) is 0 Å². The molecule has 0 aliphatic carbocycles. The Bertz CT molecular complexity index is 751. The summed E-state index contributed by atoms with van der Waals surface area (Å²) in [6, 6.07) is 8.20. The van der Waals surface area contributed by atoms with E-state index in [4.69, 9.17) is 4.52 Å². The maximum absolute atomic E-state index is 12.1. The van der Waals surface area contributed by atoms with E-state index in [2.05, 4.69) is 10.6 Å². The third kappa shape index (κ3) is 3.27. The van der Waals surface area contributed by atoms with Gasteiger partial charge in [-0.05, 0) is 16.8 Å². The van der Waals surface area contributed by atoms with Crippen molar-refractivity contribution in [3.8, 4) is 0 Å². The monoisotopic (exact) mass is 310 g/mol. The van der Waals surface area contributed by atoms with Crippen molar-refractivity contribution in [2.45, 2.75) is 24.9 Å². The van der Waals surface area contributed by atoms with Crippen LogP contribution < -0.4 is 10.00 Å². The van der Waals surface area contributed by atoms with Crippen LogP contribution in [0, 0.1) is 0 Å². The molecular weight excluding hydrogens is 294 g/mol. The number of nitrogens with one attached hydrogen (secondary N) is 1. The minimum atomic E-state index is -3.60. The summed E-state index contributed by atoms with van der Waals surface area (Å²) in [4.78, 5) is 12.1. The first-order valence-electron chi connectivity index (χ1n) is 6.28. The molecule has 0 radical (unpaired) electrons. The number of amides is 1. The maximum Gasteiger partial charge on any atom is 0.388 e. The van der Waals surface area contributed by atoms with Crippen LogP contribution in [0.4, 0.5) is 5.88 Å². The van der Waals surface area contributed by atoms with Crippen LogP contribution in [0.2, 0.25) is 0 Å². The summed E-state index contributed by atoms with van der Waals surface area (Å²) in [5.41, 5.74) is 0.393. The number of rotatable bonds is 4. The van der Waals surface area contributed by atoms with E-state index < -0.39 is 15.7 Å². The predicted octanol–water partition coefficient (Wildman–Crippen LogP) is 1.20. The molecule has 2 aromatic rings. The molecule has 0 aliphatic rings. The smallest absolute Gasteiger partial charge is 0.284 e. The summed E-state index contributed by atoms with van der Waals surface area (Å²) < 4.78 is 30.0. The van der Waals surface area contributed by atoms with Crippen molar-refractivity contribution in [1.29, 1.82) is 0 Å². The lowest BCUT2D eigenvalue weighted by Gasteiger charge is -2.01. The fraction of sp³-hybridized carbons (Fsp3) is 0.308. The Labute approximate surface area is 122 Å². The zero-order valence-electron chi connectivity index (χ0n) is 11.9. The number of carbonyl (C=O) groups excluding carboxylic acids is 1. The second-order valence-corrected chi connectivity index (χ2v) is 6.77. The molecule has 2 rings (SSSR count). The van der Waals surface area contributed by atoms with Gasteiger partial charge in [-0.3, -0.25) is 14.6 Å². The van der Waals surface area contributed by atoms with Crippen LogP contribution in [0.5, 0.6) is 0 Å². The van der Waals surface area contributed by atoms with Crippen LogP contribution in [0.1, 0.15) is 30.2 Å². The highest BCUT2D eigenvalue weighted by atomic mass is 32.2. The predicted molar refractivity (Wildman–Crippen MR) is 74.6 cm³/mol. The van der Waals surface area contributed by atoms with Crippen molar-refractivity contribution < 1.29 is 22.4 Å². The van der Waals surface area contributed by atoms with Gasteiger partial charge in [0.25, 0.3) is 5.91 Å². The normalized spacial score (nSPS) is 11.6. The molecule has 7 nitrogen and oxygen atoms in total. The van der Waals surface area contributed by atoms with Crippen molar-refractivity contribution in [1.82, 2.24) is 5.27 Å². The van der Waals surface area contributed by atoms with Gasteiger partial charge in [0, 0.05) is 25.7 Å². The van der Waals surface area contributed by atoms with Gasteiger partial charge in [-0.1, -0.05) is 18.2 Å². The van der Waals surface area contributed by atoms with Crippen molar-refractivity contribution in [2.75, 3.05) is 11.6 Å². The van der Waals surface area contributed by atoms with Crippen LogP contribution in [0.25, 0.3) is 0 Å². The van der Waals surface area contributed by atoms with Crippen molar-refractivity contribution >= 4 is 21.6 Å². The van der Waals surface area contributed by atoms with Gasteiger partial charge in [-0.15, -0.1) is 0 Å². The molecule has 0 saturated carbocycles. The number of hydrogen-bond donors (Lipinski definition) is 1. The lowest BCUT2D eigenvalue weighted by atomic mass is 10.2. The van der Waals surface area contributed by atoms with Gasteiger partial charge in [0.15, 0.2) is 6.04 Å². The Hall–Kier alpha value is -2.22. The Morgan fingerprint density at radius 2 is 1.90 bits per heavy atom. The van der Waals surface area contributed by atoms with E-state index >= 15 is 0 Å². The van der Waals surface area contributed by atoms with E-state index in [1.165, 1.54) is 4.68 Å². The number of anilines is 1. The average Bonchev–Trinajstić information content (AvgIpc) is 2.83. The van der Waals surface area contributed by atoms with Crippen molar-refractivity contribution in [3.05, 3.63) is 35.9 Å². The van der Waals surface area contributed by atoms with Crippen LogP contribution in [-0.2, 0) is 9.84 Å². The van der Waals surface area contributed by atoms with E-state index in [9.17, 15) is 13.2 Å². The second-order valence-electron chi connectivity index (χ2n) is 4.84. The Morgan fingerprint density at radius 3 is 2.43 bits per heavy atom. The van der Waals surface area contributed by atoms with E-state index in [0.29, 0.717) is 5.56 Å². The molecule has 1 N–H and O–H groups in total. The number of aromatic nitrogens is 2. The van der Waals surface area contributed by atoms with Gasteiger partial charge < -0.3 is 0 Å². The van der Waals surface area contributed by atoms with Crippen LogP contribution in [0.15, 0.2) is 39.9 Å². The average molecular weight is 310 g/mol. The molecule has 0 spiro atoms. The quantitative estimate of drug-likeness (QED) is 0.856. The number of benzene rings is 1. The number of carbonyl (C=O) groups is 1. The van der Waals surface area contributed by atoms with Crippen molar-refractivity contribution in [2.24, 2.45) is 0 Å². The van der Waals surface area contributed by atoms with Gasteiger partial charge in [0.05, 0.1) is 0 Å². The molecule has 0 bridgehead atoms. The summed E-state index contributed by atoms with van der Waals surface area (Å²) in [7, 11) is -3.60. The van der Waals surface area contributed by atoms with Crippen LogP contribution in [0.3, 0.4) is 0 Å². The molecule has 112 valence electrons. The molecule has 1 amide bonds. The first-order chi connectivity index (χ1) is 9.80. The van der Waals surface area contributed by atoms with E-state index in [1.54, 1.807) is 44.2 Å². The molecule has 0 fully saturated rings. The standard InChI is InChI=1S/C13H15N3O4S/c1-9(2)16-13(21(3,18)19)12(20-15-16)14-11(17)10-7-5-4-6-8-10/h4-9H,1-3H3/p+1. The highest BCUT2D eigenvalue weighted by Gasteiger charge is 2.36. The largest absolute Gasteiger partial charge is 0.388 e. The van der Waals surface area contributed by atoms with Crippen LogP contribution >= 0.6 is 0 Å². The summed E-state index contributed by atoms with van der Waals surface area (Å²) in [6.07, 6.45) is 1.04. The van der Waals surface area contributed by atoms with Gasteiger partial charge in [0.2, 0.25) is 15.1 Å². The first-order valence-corrected chi connectivity index (χ1v) is 8.18. The highest BCUT2D eigenvalue weighted by molar-refractivity contribution is 7.90. The summed E-state index contributed by atoms with van der Waals surface area (Å²) in [6.45, 7) is 3.53. The van der Waals surface area contributed by atoms with Crippen molar-refractivity contribution in [3.63, 3.8) is 0 Å². The minimum Gasteiger partial charge on any atom is -0.284 e. The summed E-state index contributed by atoms with van der Waals surface area (Å²) in [5, 5.41) is 5.97. The molecule has 1 heterocycles. The van der Waals surface area contributed by atoms with E-state index in [-0.39, 0.29) is 17.0 Å². The minimum absolute atomic E-state index is 0.151. The van der Waals surface area contributed by atoms with E-state index in [1.807, 2.05) is 0 Å². The van der Waals surface area contributed by atoms with Gasteiger partial charge >= 0.3 is 10.9 Å². The number of hydrogen-bond acceptors (Lipinski definition) is 5. The number of sulfone groups is 1. The molecule has 0 unspecified atom stereocenters. The topological polar surface area (TPSA) is 93.2 Å². The Morgan fingerprint density at radius 1 is 1.29 bits per heavy atom. The van der Waals surface area contributed by atoms with Gasteiger partial charge in [-0.25, -0.2) is 8.42 Å². The lowest BCUT2D eigenvalue weighted by molar-refractivity contribution is -0.810. The Balaban J connectivity index is 2.40. The molecule has 0 atom stereocenters. The molecule has 21 heavy (non-hydrogen) atoms. The highest BCUT2D eigenvalue weighted by Crippen LogP contribution is 2.18. The Kier molecular flexibility index (Phi) is 4.08. The fourth-order valence-electron chi connectivity index (χ4n) is 1.77. The molecule has 0 aliphatic heterocycles. The first kappa shape index (κ1) is 15.2. The zero-order valence-corrected chi connectivity index (χ0v) is 12.7. The van der Waals surface area contributed by atoms with Crippen LogP contribution in [-0.4, -0.2) is 25.9 Å². The van der Waals surface area contributed by atoms with Gasteiger partial charge in [0.1, 0.15) is 0 Å². The third-order valence-electron chi connectivity index (χ3n) is 2.73. The molecule has 1 aromatic carbocycles. The SMILES string of the molecule is CC(C)[n+]1noc(NC(=O)c2ccccc2)c1S(C)(=O)=O. The number of nitrogens with zero attached hydrogens (tertiary/aromatic N) is 2. The second kappa shape index (κ2) is 5.65. The maximum atomic E-state index is 12.1.